The van der Waals surface area contributed by atoms with Gasteiger partial charge in [0.2, 0.25) is 0 Å². The van der Waals surface area contributed by atoms with E-state index < -0.39 is 0 Å². The lowest BCUT2D eigenvalue weighted by molar-refractivity contribution is 0.0938. The van der Waals surface area contributed by atoms with E-state index in [0.29, 0.717) is 17.2 Å². The largest absolute Gasteiger partial charge is 0.355 e. The molecule has 3 aromatic carbocycles. The maximum absolute atomic E-state index is 13.4. The number of thiocarbonyl (C=S) groups is 1. The van der Waals surface area contributed by atoms with Crippen LogP contribution in [0.2, 0.25) is 0 Å². The molecule has 0 aliphatic carbocycles. The number of hydrogen-bond donors (Lipinski definition) is 0. The molecule has 0 spiro atoms. The highest BCUT2D eigenvalue weighted by molar-refractivity contribution is 7.80. The Morgan fingerprint density at radius 3 is 2.19 bits per heavy atom. The van der Waals surface area contributed by atoms with Crippen LogP contribution in [0, 0.1) is 0 Å². The molecule has 0 radical (unpaired) electrons. The van der Waals surface area contributed by atoms with Crippen LogP contribution in [0.4, 0.5) is 11.4 Å². The SMILES string of the molecule is CN1CN(N(C(=O)c2ccccc2)c2ccccc2)C(=S)c2ccccc21. The summed E-state index contributed by atoms with van der Waals surface area (Å²) in [5.41, 5.74) is 3.41. The number of carbonyl (C=O) groups is 1. The van der Waals surface area contributed by atoms with Gasteiger partial charge < -0.3 is 4.90 Å². The number of rotatable bonds is 3. The third kappa shape index (κ3) is 3.17. The lowest BCUT2D eigenvalue weighted by Gasteiger charge is -2.43. The van der Waals surface area contributed by atoms with Crippen LogP contribution in [-0.2, 0) is 0 Å². The third-order valence-electron chi connectivity index (χ3n) is 4.58. The zero-order chi connectivity index (χ0) is 18.8. The summed E-state index contributed by atoms with van der Waals surface area (Å²) in [5, 5.41) is 3.53. The van der Waals surface area contributed by atoms with Gasteiger partial charge in [-0.25, -0.2) is 10.0 Å². The Kier molecular flexibility index (Phi) is 4.60. The molecule has 0 saturated heterocycles. The maximum atomic E-state index is 13.4. The first-order valence-electron chi connectivity index (χ1n) is 8.73. The first-order valence-corrected chi connectivity index (χ1v) is 9.14. The van der Waals surface area contributed by atoms with Crippen molar-refractivity contribution in [1.29, 1.82) is 0 Å². The van der Waals surface area contributed by atoms with Gasteiger partial charge in [-0.15, -0.1) is 0 Å². The summed E-state index contributed by atoms with van der Waals surface area (Å²) in [7, 11) is 2.00. The highest BCUT2D eigenvalue weighted by Gasteiger charge is 2.32. The molecule has 1 aliphatic heterocycles. The first-order chi connectivity index (χ1) is 13.2. The minimum atomic E-state index is -0.114. The smallest absolute Gasteiger partial charge is 0.277 e. The van der Waals surface area contributed by atoms with Crippen molar-refractivity contribution in [3.05, 3.63) is 96.1 Å². The van der Waals surface area contributed by atoms with E-state index in [0.717, 1.165) is 16.9 Å². The van der Waals surface area contributed by atoms with Crippen molar-refractivity contribution in [1.82, 2.24) is 5.01 Å². The molecule has 0 N–H and O–H groups in total. The van der Waals surface area contributed by atoms with Crippen LogP contribution >= 0.6 is 12.2 Å². The predicted octanol–water partition coefficient (Wildman–Crippen LogP) is 4.33. The number of anilines is 2. The Labute approximate surface area is 164 Å². The average Bonchev–Trinajstić information content (AvgIpc) is 2.73. The summed E-state index contributed by atoms with van der Waals surface area (Å²) in [4.78, 5) is 16.1. The van der Waals surface area contributed by atoms with Crippen molar-refractivity contribution in [2.75, 3.05) is 23.6 Å². The fourth-order valence-corrected chi connectivity index (χ4v) is 3.57. The molecule has 0 bridgehead atoms. The molecule has 1 aliphatic rings. The van der Waals surface area contributed by atoms with Crippen molar-refractivity contribution >= 4 is 34.5 Å². The van der Waals surface area contributed by atoms with Gasteiger partial charge in [-0.3, -0.25) is 4.79 Å². The van der Waals surface area contributed by atoms with E-state index >= 15 is 0 Å². The van der Waals surface area contributed by atoms with Crippen LogP contribution < -0.4 is 9.91 Å². The van der Waals surface area contributed by atoms with Crippen molar-refractivity contribution in [3.63, 3.8) is 0 Å². The van der Waals surface area contributed by atoms with E-state index in [1.807, 2.05) is 97.0 Å². The molecule has 0 fully saturated rings. The van der Waals surface area contributed by atoms with Crippen molar-refractivity contribution < 1.29 is 4.79 Å². The van der Waals surface area contributed by atoms with Gasteiger partial charge in [0.05, 0.1) is 5.69 Å². The van der Waals surface area contributed by atoms with Crippen LogP contribution in [0.5, 0.6) is 0 Å². The van der Waals surface area contributed by atoms with Gasteiger partial charge in [0, 0.05) is 23.9 Å². The molecule has 4 nitrogen and oxygen atoms in total. The van der Waals surface area contributed by atoms with Crippen LogP contribution in [0.25, 0.3) is 0 Å². The number of amides is 1. The molecule has 3 aromatic rings. The van der Waals surface area contributed by atoms with Gasteiger partial charge in [-0.1, -0.05) is 60.7 Å². The highest BCUT2D eigenvalue weighted by atomic mass is 32.1. The lowest BCUT2D eigenvalue weighted by atomic mass is 10.1. The molecular formula is C22H19N3OS. The van der Waals surface area contributed by atoms with E-state index in [-0.39, 0.29) is 5.91 Å². The number of hydrazine groups is 1. The fraction of sp³-hybridized carbons (Fsp3) is 0.0909. The molecule has 1 amide bonds. The van der Waals surface area contributed by atoms with Gasteiger partial charge >= 0.3 is 0 Å². The Hall–Kier alpha value is -3.18. The standard InChI is InChI=1S/C22H19N3OS/c1-23-16-24(22(27)19-14-8-9-15-20(19)23)25(18-12-6-3-7-13-18)21(26)17-10-4-2-5-11-17/h2-15H,16H2,1H3. The minimum Gasteiger partial charge on any atom is -0.355 e. The second kappa shape index (κ2) is 7.21. The van der Waals surface area contributed by atoms with E-state index in [2.05, 4.69) is 4.90 Å². The molecule has 0 atom stereocenters. The summed E-state index contributed by atoms with van der Waals surface area (Å²) in [6.45, 7) is 0.489. The van der Waals surface area contributed by atoms with Gasteiger partial charge in [0.15, 0.2) is 0 Å². The molecule has 0 unspecified atom stereocenters. The summed E-state index contributed by atoms with van der Waals surface area (Å²) >= 11 is 5.79. The molecule has 0 saturated carbocycles. The zero-order valence-electron chi connectivity index (χ0n) is 14.9. The van der Waals surface area contributed by atoms with Crippen LogP contribution in [0.3, 0.4) is 0 Å². The summed E-state index contributed by atoms with van der Waals surface area (Å²) < 4.78 is 0. The van der Waals surface area contributed by atoms with Gasteiger partial charge in [-0.2, -0.15) is 0 Å². The van der Waals surface area contributed by atoms with E-state index in [1.54, 1.807) is 5.01 Å². The second-order valence-corrected chi connectivity index (χ2v) is 6.77. The molecule has 27 heavy (non-hydrogen) atoms. The quantitative estimate of drug-likeness (QED) is 0.639. The summed E-state index contributed by atoms with van der Waals surface area (Å²) in [6, 6.07) is 26.9. The Balaban J connectivity index is 1.80. The predicted molar refractivity (Wildman–Crippen MR) is 113 cm³/mol. The van der Waals surface area contributed by atoms with Crippen molar-refractivity contribution in [2.24, 2.45) is 0 Å². The van der Waals surface area contributed by atoms with Crippen molar-refractivity contribution in [3.8, 4) is 0 Å². The van der Waals surface area contributed by atoms with Crippen molar-refractivity contribution in [2.45, 2.75) is 0 Å². The van der Waals surface area contributed by atoms with Gasteiger partial charge in [-0.05, 0) is 36.4 Å². The normalized spacial score (nSPS) is 13.3. The van der Waals surface area contributed by atoms with E-state index in [1.165, 1.54) is 0 Å². The Morgan fingerprint density at radius 1 is 0.889 bits per heavy atom. The molecular weight excluding hydrogens is 354 g/mol. The third-order valence-corrected chi connectivity index (χ3v) is 5.01. The molecule has 5 heteroatoms. The first kappa shape index (κ1) is 17.2. The molecule has 0 aromatic heterocycles. The van der Waals surface area contributed by atoms with E-state index in [9.17, 15) is 4.79 Å². The lowest BCUT2D eigenvalue weighted by Crippen LogP contribution is -2.56. The summed E-state index contributed by atoms with van der Waals surface area (Å²) in [5.74, 6) is -0.114. The van der Waals surface area contributed by atoms with Crippen LogP contribution in [-0.4, -0.2) is 29.6 Å². The fourth-order valence-electron chi connectivity index (χ4n) is 3.26. The summed E-state index contributed by atoms with van der Waals surface area (Å²) in [6.07, 6.45) is 0. The number of hydrogen-bond acceptors (Lipinski definition) is 3. The molecule has 4 rings (SSSR count). The molecule has 1 heterocycles. The average molecular weight is 373 g/mol. The molecule has 134 valence electrons. The number of nitrogens with zero attached hydrogens (tertiary/aromatic N) is 3. The topological polar surface area (TPSA) is 26.8 Å². The zero-order valence-corrected chi connectivity index (χ0v) is 15.8. The Bertz CT molecular complexity index is 975. The minimum absolute atomic E-state index is 0.114. The maximum Gasteiger partial charge on any atom is 0.277 e. The number of fused-ring (bicyclic) bond motifs is 1. The second-order valence-electron chi connectivity index (χ2n) is 6.38. The number of benzene rings is 3. The van der Waals surface area contributed by atoms with Gasteiger partial charge in [0.1, 0.15) is 11.7 Å². The van der Waals surface area contributed by atoms with Gasteiger partial charge in [0.25, 0.3) is 5.91 Å². The Morgan fingerprint density at radius 2 is 1.48 bits per heavy atom. The monoisotopic (exact) mass is 373 g/mol. The number of para-hydroxylation sites is 2. The van der Waals surface area contributed by atoms with E-state index in [4.69, 9.17) is 12.2 Å². The van der Waals surface area contributed by atoms with Crippen LogP contribution in [0.1, 0.15) is 15.9 Å². The number of carbonyl (C=O) groups excluding carboxylic acids is 1. The highest BCUT2D eigenvalue weighted by Crippen LogP contribution is 2.30. The van der Waals surface area contributed by atoms with Crippen LogP contribution in [0.15, 0.2) is 84.9 Å².